The van der Waals surface area contributed by atoms with E-state index in [9.17, 15) is 4.79 Å². The predicted octanol–water partition coefficient (Wildman–Crippen LogP) is 2.39. The number of carbonyl (C=O) groups excluding carboxylic acids is 1. The average molecular weight is 202 g/mol. The third-order valence-corrected chi connectivity index (χ3v) is 2.49. The van der Waals surface area contributed by atoms with E-state index in [4.69, 9.17) is 9.47 Å². The van der Waals surface area contributed by atoms with Gasteiger partial charge in [0.25, 0.3) is 0 Å². The minimum atomic E-state index is -0.0710. The molecule has 0 saturated heterocycles. The molecule has 84 valence electrons. The maximum atomic E-state index is 11.4. The molecule has 1 atom stereocenters. The average Bonchev–Trinajstić information content (AvgIpc) is 2.19. The summed E-state index contributed by atoms with van der Waals surface area (Å²) in [4.78, 5) is 11.4. The Morgan fingerprint density at radius 1 is 1.29 bits per heavy atom. The van der Waals surface area contributed by atoms with Crippen LogP contribution in [0.4, 0.5) is 0 Å². The minimum Gasteiger partial charge on any atom is -0.465 e. The van der Waals surface area contributed by atoms with Gasteiger partial charge in [0, 0.05) is 13.5 Å². The second-order valence-corrected chi connectivity index (χ2v) is 3.52. The van der Waals surface area contributed by atoms with Gasteiger partial charge in [-0.3, -0.25) is 4.79 Å². The van der Waals surface area contributed by atoms with Crippen LogP contribution in [0.5, 0.6) is 0 Å². The zero-order valence-electron chi connectivity index (χ0n) is 9.71. The summed E-state index contributed by atoms with van der Waals surface area (Å²) in [5, 5.41) is 0. The van der Waals surface area contributed by atoms with Crippen molar-refractivity contribution in [3.63, 3.8) is 0 Å². The molecule has 0 aliphatic rings. The quantitative estimate of drug-likeness (QED) is 0.595. The fourth-order valence-corrected chi connectivity index (χ4v) is 1.18. The molecule has 0 fully saturated rings. The van der Waals surface area contributed by atoms with Crippen LogP contribution in [-0.4, -0.2) is 25.8 Å². The number of ether oxygens (including phenoxy) is 2. The van der Waals surface area contributed by atoms with Crippen molar-refractivity contribution < 1.29 is 14.3 Å². The van der Waals surface area contributed by atoms with Crippen LogP contribution in [0.25, 0.3) is 0 Å². The van der Waals surface area contributed by atoms with Crippen LogP contribution in [0, 0.1) is 5.92 Å². The Morgan fingerprint density at radius 2 is 1.86 bits per heavy atom. The number of rotatable bonds is 7. The summed E-state index contributed by atoms with van der Waals surface area (Å²) in [6.07, 6.45) is 2.64. The first-order valence-electron chi connectivity index (χ1n) is 5.35. The van der Waals surface area contributed by atoms with Crippen LogP contribution < -0.4 is 0 Å². The van der Waals surface area contributed by atoms with Gasteiger partial charge in [0.05, 0.1) is 18.6 Å². The van der Waals surface area contributed by atoms with Gasteiger partial charge in [-0.2, -0.15) is 0 Å². The summed E-state index contributed by atoms with van der Waals surface area (Å²) in [6.45, 7) is 6.44. The van der Waals surface area contributed by atoms with Gasteiger partial charge in [0.1, 0.15) is 0 Å². The summed E-state index contributed by atoms with van der Waals surface area (Å²) in [5.74, 6) is -0.00819. The lowest BCUT2D eigenvalue weighted by Gasteiger charge is -2.13. The van der Waals surface area contributed by atoms with Gasteiger partial charge in [-0.1, -0.05) is 13.8 Å². The first kappa shape index (κ1) is 13.4. The first-order valence-corrected chi connectivity index (χ1v) is 5.35. The van der Waals surface area contributed by atoms with E-state index >= 15 is 0 Å². The van der Waals surface area contributed by atoms with E-state index < -0.39 is 0 Å². The second kappa shape index (κ2) is 7.80. The van der Waals surface area contributed by atoms with Crippen LogP contribution in [0.1, 0.15) is 40.0 Å². The van der Waals surface area contributed by atoms with Gasteiger partial charge in [0.15, 0.2) is 0 Å². The van der Waals surface area contributed by atoms with Crippen molar-refractivity contribution in [2.45, 2.75) is 46.1 Å². The molecule has 0 spiro atoms. The highest BCUT2D eigenvalue weighted by Crippen LogP contribution is 2.10. The lowest BCUT2D eigenvalue weighted by molar-refractivity contribution is -0.149. The molecule has 0 aromatic heterocycles. The van der Waals surface area contributed by atoms with Crippen LogP contribution in [0.3, 0.4) is 0 Å². The fourth-order valence-electron chi connectivity index (χ4n) is 1.18. The molecule has 0 aromatic carbocycles. The Balaban J connectivity index is 3.62. The van der Waals surface area contributed by atoms with Gasteiger partial charge in [-0.05, 0) is 19.8 Å². The fraction of sp³-hybridized carbons (Fsp3) is 0.909. The third kappa shape index (κ3) is 5.22. The van der Waals surface area contributed by atoms with Gasteiger partial charge < -0.3 is 9.47 Å². The SMILES string of the molecule is CCC(CC)C(=O)OCC[C@@H](C)OC. The topological polar surface area (TPSA) is 35.5 Å². The predicted molar refractivity (Wildman–Crippen MR) is 56.1 cm³/mol. The molecule has 3 heteroatoms. The molecule has 0 aromatic rings. The Kier molecular flexibility index (Phi) is 7.48. The van der Waals surface area contributed by atoms with Crippen molar-refractivity contribution in [3.05, 3.63) is 0 Å². The number of hydrogen-bond donors (Lipinski definition) is 0. The smallest absolute Gasteiger partial charge is 0.308 e. The van der Waals surface area contributed by atoms with Crippen molar-refractivity contribution in [2.75, 3.05) is 13.7 Å². The Bertz CT molecular complexity index is 153. The van der Waals surface area contributed by atoms with Gasteiger partial charge >= 0.3 is 5.97 Å². The standard InChI is InChI=1S/C11H22O3/c1-5-10(6-2)11(12)14-8-7-9(3)13-4/h9-10H,5-8H2,1-4H3/t9-/m1/s1. The zero-order chi connectivity index (χ0) is 11.0. The van der Waals surface area contributed by atoms with Crippen molar-refractivity contribution >= 4 is 5.97 Å². The van der Waals surface area contributed by atoms with Crippen LogP contribution >= 0.6 is 0 Å². The summed E-state index contributed by atoms with van der Waals surface area (Å²) in [5.41, 5.74) is 0. The number of methoxy groups -OCH3 is 1. The highest BCUT2D eigenvalue weighted by atomic mass is 16.5. The summed E-state index contributed by atoms with van der Waals surface area (Å²) >= 11 is 0. The third-order valence-electron chi connectivity index (χ3n) is 2.49. The highest BCUT2D eigenvalue weighted by molar-refractivity contribution is 5.72. The minimum absolute atomic E-state index is 0.0628. The van der Waals surface area contributed by atoms with Gasteiger partial charge in [-0.15, -0.1) is 0 Å². The summed E-state index contributed by atoms with van der Waals surface area (Å²) in [6, 6.07) is 0. The van der Waals surface area contributed by atoms with E-state index in [2.05, 4.69) is 0 Å². The number of hydrogen-bond acceptors (Lipinski definition) is 3. The van der Waals surface area contributed by atoms with Crippen molar-refractivity contribution in [2.24, 2.45) is 5.92 Å². The lowest BCUT2D eigenvalue weighted by atomic mass is 10.0. The summed E-state index contributed by atoms with van der Waals surface area (Å²) < 4.78 is 10.2. The molecule has 3 nitrogen and oxygen atoms in total. The Morgan fingerprint density at radius 3 is 2.29 bits per heavy atom. The molecule has 0 aliphatic carbocycles. The van der Waals surface area contributed by atoms with Crippen molar-refractivity contribution in [1.82, 2.24) is 0 Å². The molecule has 0 N–H and O–H groups in total. The zero-order valence-corrected chi connectivity index (χ0v) is 9.71. The molecule has 14 heavy (non-hydrogen) atoms. The largest absolute Gasteiger partial charge is 0.465 e. The number of carbonyl (C=O) groups is 1. The van der Waals surface area contributed by atoms with Gasteiger partial charge in [-0.25, -0.2) is 0 Å². The van der Waals surface area contributed by atoms with E-state index in [-0.39, 0.29) is 18.0 Å². The molecule has 0 aliphatic heterocycles. The summed E-state index contributed by atoms with van der Waals surface area (Å²) in [7, 11) is 1.66. The van der Waals surface area contributed by atoms with E-state index in [1.165, 1.54) is 0 Å². The lowest BCUT2D eigenvalue weighted by Crippen LogP contribution is -2.19. The van der Waals surface area contributed by atoms with E-state index in [1.807, 2.05) is 20.8 Å². The molecule has 0 saturated carbocycles. The molecule has 0 heterocycles. The second-order valence-electron chi connectivity index (χ2n) is 3.52. The van der Waals surface area contributed by atoms with Crippen molar-refractivity contribution in [3.8, 4) is 0 Å². The van der Waals surface area contributed by atoms with Crippen molar-refractivity contribution in [1.29, 1.82) is 0 Å². The monoisotopic (exact) mass is 202 g/mol. The molecule has 0 unspecified atom stereocenters. The van der Waals surface area contributed by atoms with E-state index in [1.54, 1.807) is 7.11 Å². The first-order chi connectivity index (χ1) is 6.65. The maximum Gasteiger partial charge on any atom is 0.308 e. The molecular weight excluding hydrogens is 180 g/mol. The van der Waals surface area contributed by atoms with Gasteiger partial charge in [0.2, 0.25) is 0 Å². The van der Waals surface area contributed by atoms with Crippen LogP contribution in [-0.2, 0) is 14.3 Å². The molecule has 0 radical (unpaired) electrons. The highest BCUT2D eigenvalue weighted by Gasteiger charge is 2.15. The van der Waals surface area contributed by atoms with E-state index in [0.29, 0.717) is 6.61 Å². The number of esters is 1. The van der Waals surface area contributed by atoms with E-state index in [0.717, 1.165) is 19.3 Å². The normalized spacial score (nSPS) is 12.9. The molecule has 0 rings (SSSR count). The van der Waals surface area contributed by atoms with Crippen LogP contribution in [0.15, 0.2) is 0 Å². The van der Waals surface area contributed by atoms with Crippen LogP contribution in [0.2, 0.25) is 0 Å². The molecule has 0 bridgehead atoms. The Hall–Kier alpha value is -0.570. The molecule has 0 amide bonds. The Labute approximate surface area is 86.8 Å². The molecular formula is C11H22O3. The maximum absolute atomic E-state index is 11.4.